The smallest absolute Gasteiger partial charge is 0.0596 e. The third-order valence-corrected chi connectivity index (χ3v) is 6.76. The molecule has 0 saturated heterocycles. The van der Waals surface area contributed by atoms with Crippen LogP contribution in [-0.4, -0.2) is 11.2 Å². The molecule has 5 atom stereocenters. The van der Waals surface area contributed by atoms with Gasteiger partial charge in [0.05, 0.1) is 6.10 Å². The molecule has 4 rings (SSSR count). The van der Waals surface area contributed by atoms with E-state index in [4.69, 9.17) is 5.73 Å². The highest BCUT2D eigenvalue weighted by molar-refractivity contribution is 5.53. The lowest BCUT2D eigenvalue weighted by molar-refractivity contribution is -0.0225. The van der Waals surface area contributed by atoms with Crippen LogP contribution in [0.4, 0.5) is 5.69 Å². The molecule has 2 heteroatoms. The summed E-state index contributed by atoms with van der Waals surface area (Å²) in [7, 11) is 0. The van der Waals surface area contributed by atoms with Crippen molar-refractivity contribution in [2.24, 2.45) is 17.3 Å². The van der Waals surface area contributed by atoms with E-state index in [-0.39, 0.29) is 11.5 Å². The maximum absolute atomic E-state index is 10.4. The van der Waals surface area contributed by atoms with E-state index in [1.807, 2.05) is 6.07 Å². The zero-order valence-corrected chi connectivity index (χ0v) is 12.3. The standard InChI is InChI=1S/C18H25NO/c1-18-10-9-12-11-3-2-4-16(19)14(11)6-5-13(12)15(18)7-8-17(18)20/h2-4,12-13,15,17,20H,5-10,19H2,1H3/t12-,13-,15+,17?,18+/m1/s1. The van der Waals surface area contributed by atoms with Crippen molar-refractivity contribution >= 4 is 5.69 Å². The van der Waals surface area contributed by atoms with Crippen molar-refractivity contribution in [3.05, 3.63) is 29.3 Å². The van der Waals surface area contributed by atoms with Crippen LogP contribution in [0.1, 0.15) is 56.1 Å². The Labute approximate surface area is 121 Å². The quantitative estimate of drug-likeness (QED) is 0.710. The second-order valence-electron chi connectivity index (χ2n) is 7.47. The first kappa shape index (κ1) is 12.7. The van der Waals surface area contributed by atoms with Gasteiger partial charge in [0.15, 0.2) is 0 Å². The number of aliphatic hydroxyl groups is 1. The molecule has 3 aliphatic carbocycles. The monoisotopic (exact) mass is 271 g/mol. The van der Waals surface area contributed by atoms with Crippen molar-refractivity contribution in [1.29, 1.82) is 0 Å². The number of hydrogen-bond acceptors (Lipinski definition) is 2. The molecule has 3 aliphatic rings. The van der Waals surface area contributed by atoms with Crippen LogP contribution in [0.15, 0.2) is 18.2 Å². The van der Waals surface area contributed by atoms with Gasteiger partial charge in [-0.25, -0.2) is 0 Å². The molecule has 3 N–H and O–H groups in total. The predicted molar refractivity (Wildman–Crippen MR) is 81.5 cm³/mol. The second kappa shape index (κ2) is 4.24. The molecular formula is C18H25NO. The van der Waals surface area contributed by atoms with Gasteiger partial charge < -0.3 is 10.8 Å². The number of anilines is 1. The number of hydrogen-bond donors (Lipinski definition) is 2. The maximum Gasteiger partial charge on any atom is 0.0596 e. The van der Waals surface area contributed by atoms with E-state index in [1.165, 1.54) is 36.8 Å². The molecule has 1 unspecified atom stereocenters. The van der Waals surface area contributed by atoms with Crippen molar-refractivity contribution < 1.29 is 5.11 Å². The summed E-state index contributed by atoms with van der Waals surface area (Å²) in [5.74, 6) is 2.16. The van der Waals surface area contributed by atoms with Crippen molar-refractivity contribution in [2.45, 2.75) is 57.5 Å². The van der Waals surface area contributed by atoms with E-state index < -0.39 is 0 Å². The van der Waals surface area contributed by atoms with Crippen LogP contribution >= 0.6 is 0 Å². The number of nitrogens with two attached hydrogens (primary N) is 1. The first-order valence-electron chi connectivity index (χ1n) is 8.16. The molecule has 108 valence electrons. The van der Waals surface area contributed by atoms with Crippen LogP contribution in [0.3, 0.4) is 0 Å². The summed E-state index contributed by atoms with van der Waals surface area (Å²) in [6.45, 7) is 2.33. The fourth-order valence-corrected chi connectivity index (χ4v) is 5.62. The molecule has 0 aliphatic heterocycles. The minimum atomic E-state index is -0.0734. The molecule has 20 heavy (non-hydrogen) atoms. The SMILES string of the molecule is C[C@]12CC[C@@H]3c4cccc(N)c4CC[C@H]3[C@@H]1CCC2O. The van der Waals surface area contributed by atoms with Crippen molar-refractivity contribution in [2.75, 3.05) is 5.73 Å². The molecule has 0 spiro atoms. The number of nitrogen functional groups attached to an aromatic ring is 1. The topological polar surface area (TPSA) is 46.2 Å². The number of rotatable bonds is 0. The van der Waals surface area contributed by atoms with E-state index in [0.717, 1.165) is 24.4 Å². The summed E-state index contributed by atoms with van der Waals surface area (Å²) < 4.78 is 0. The fraction of sp³-hybridized carbons (Fsp3) is 0.667. The summed E-state index contributed by atoms with van der Waals surface area (Å²) in [6.07, 6.45) is 6.95. The van der Waals surface area contributed by atoms with Gasteiger partial charge in [-0.3, -0.25) is 0 Å². The third-order valence-electron chi connectivity index (χ3n) is 6.76. The number of fused-ring (bicyclic) bond motifs is 5. The normalized spacial score (nSPS) is 42.7. The molecule has 1 aromatic rings. The number of benzene rings is 1. The van der Waals surface area contributed by atoms with E-state index in [0.29, 0.717) is 11.8 Å². The van der Waals surface area contributed by atoms with Crippen LogP contribution in [-0.2, 0) is 6.42 Å². The lowest BCUT2D eigenvalue weighted by atomic mass is 9.55. The lowest BCUT2D eigenvalue weighted by Crippen LogP contribution is -2.44. The van der Waals surface area contributed by atoms with Crippen LogP contribution in [0, 0.1) is 17.3 Å². The number of aliphatic hydroxyl groups excluding tert-OH is 1. The van der Waals surface area contributed by atoms with Gasteiger partial charge in [-0.05, 0) is 78.9 Å². The lowest BCUT2D eigenvalue weighted by Gasteiger charge is -2.50. The Hall–Kier alpha value is -1.02. The summed E-state index contributed by atoms with van der Waals surface area (Å²) in [5, 5.41) is 10.4. The van der Waals surface area contributed by atoms with Crippen LogP contribution in [0.5, 0.6) is 0 Å². The molecule has 2 fully saturated rings. The average molecular weight is 271 g/mol. The van der Waals surface area contributed by atoms with Gasteiger partial charge in [0.1, 0.15) is 0 Å². The van der Waals surface area contributed by atoms with Gasteiger partial charge in [0.25, 0.3) is 0 Å². The highest BCUT2D eigenvalue weighted by Gasteiger charge is 2.54. The Balaban J connectivity index is 1.73. The highest BCUT2D eigenvalue weighted by Crippen LogP contribution is 2.61. The molecule has 0 radical (unpaired) electrons. The van der Waals surface area contributed by atoms with Gasteiger partial charge >= 0.3 is 0 Å². The largest absolute Gasteiger partial charge is 0.398 e. The molecule has 1 aromatic carbocycles. The van der Waals surface area contributed by atoms with Gasteiger partial charge in [-0.2, -0.15) is 0 Å². The molecule has 0 amide bonds. The maximum atomic E-state index is 10.4. The van der Waals surface area contributed by atoms with Crippen LogP contribution in [0.2, 0.25) is 0 Å². The summed E-state index contributed by atoms with van der Waals surface area (Å²) in [4.78, 5) is 0. The predicted octanol–water partition coefficient (Wildman–Crippen LogP) is 3.49. The minimum Gasteiger partial charge on any atom is -0.398 e. The summed E-state index contributed by atoms with van der Waals surface area (Å²) in [6, 6.07) is 6.47. The van der Waals surface area contributed by atoms with Gasteiger partial charge in [-0.15, -0.1) is 0 Å². The average Bonchev–Trinajstić information content (AvgIpc) is 2.75. The van der Waals surface area contributed by atoms with Crippen molar-refractivity contribution in [3.63, 3.8) is 0 Å². The van der Waals surface area contributed by atoms with Crippen LogP contribution < -0.4 is 5.73 Å². The fourth-order valence-electron chi connectivity index (χ4n) is 5.62. The van der Waals surface area contributed by atoms with E-state index in [2.05, 4.69) is 19.1 Å². The molecule has 2 saturated carbocycles. The Morgan fingerprint density at radius 1 is 1.20 bits per heavy atom. The summed E-state index contributed by atoms with van der Waals surface area (Å²) >= 11 is 0. The second-order valence-corrected chi connectivity index (χ2v) is 7.47. The molecular weight excluding hydrogens is 246 g/mol. The molecule has 0 aromatic heterocycles. The minimum absolute atomic E-state index is 0.0734. The Kier molecular flexibility index (Phi) is 2.69. The molecule has 2 nitrogen and oxygen atoms in total. The van der Waals surface area contributed by atoms with Crippen molar-refractivity contribution in [1.82, 2.24) is 0 Å². The van der Waals surface area contributed by atoms with Crippen molar-refractivity contribution in [3.8, 4) is 0 Å². The van der Waals surface area contributed by atoms with E-state index >= 15 is 0 Å². The zero-order chi connectivity index (χ0) is 13.9. The Morgan fingerprint density at radius 2 is 2.05 bits per heavy atom. The van der Waals surface area contributed by atoms with E-state index in [1.54, 1.807) is 0 Å². The first-order valence-corrected chi connectivity index (χ1v) is 8.16. The first-order chi connectivity index (χ1) is 9.61. The van der Waals surface area contributed by atoms with Gasteiger partial charge in [-0.1, -0.05) is 19.1 Å². The Bertz CT molecular complexity index is 540. The van der Waals surface area contributed by atoms with Gasteiger partial charge in [0, 0.05) is 5.69 Å². The zero-order valence-electron chi connectivity index (χ0n) is 12.3. The Morgan fingerprint density at radius 3 is 2.90 bits per heavy atom. The highest BCUT2D eigenvalue weighted by atomic mass is 16.3. The molecule has 0 bridgehead atoms. The van der Waals surface area contributed by atoms with E-state index in [9.17, 15) is 5.11 Å². The third kappa shape index (κ3) is 1.54. The van der Waals surface area contributed by atoms with Crippen LogP contribution in [0.25, 0.3) is 0 Å². The summed E-state index contributed by atoms with van der Waals surface area (Å²) in [5.41, 5.74) is 10.3. The molecule has 0 heterocycles. The van der Waals surface area contributed by atoms with Gasteiger partial charge in [0.2, 0.25) is 0 Å².